The lowest BCUT2D eigenvalue weighted by Crippen LogP contribution is -2.46. The molecule has 12 heteroatoms. The number of carbonyl (C=O) groups is 1. The Morgan fingerprint density at radius 1 is 1.25 bits per heavy atom. The molecule has 1 amide bonds. The molecule has 2 aromatic heterocycles. The molecular weight excluding hydrogens is 400 g/mol. The van der Waals surface area contributed by atoms with E-state index in [4.69, 9.17) is 0 Å². The second-order valence-electron chi connectivity index (χ2n) is 5.92. The maximum absolute atomic E-state index is 12.6. The number of H-pyrrole nitrogens is 1. The van der Waals surface area contributed by atoms with Crippen molar-refractivity contribution < 1.29 is 22.9 Å². The number of hydrogen-bond acceptors (Lipinski definition) is 4. The molecule has 9 nitrogen and oxygen atoms in total. The van der Waals surface area contributed by atoms with Crippen molar-refractivity contribution in [3.63, 3.8) is 0 Å². The third kappa shape index (κ3) is 3.88. The highest BCUT2D eigenvalue weighted by molar-refractivity contribution is 6.20. The molecule has 0 aliphatic rings. The van der Waals surface area contributed by atoms with Gasteiger partial charge in [-0.3, -0.25) is 18.7 Å². The average Bonchev–Trinajstić information content (AvgIpc) is 3.02. The number of halogens is 3. The van der Waals surface area contributed by atoms with Gasteiger partial charge in [-0.2, -0.15) is 0 Å². The maximum Gasteiger partial charge on any atom is 0.487 e. The largest absolute Gasteiger partial charge is 0.487 e. The van der Waals surface area contributed by atoms with Crippen LogP contribution in [0.25, 0.3) is 11.2 Å². The van der Waals surface area contributed by atoms with Crippen LogP contribution in [0.3, 0.4) is 0 Å². The molecule has 0 atom stereocenters. The zero-order chi connectivity index (χ0) is 20.6. The summed E-state index contributed by atoms with van der Waals surface area (Å²) >= 11 is 4.68. The van der Waals surface area contributed by atoms with Gasteiger partial charge < -0.3 is 10.1 Å². The first kappa shape index (κ1) is 19.5. The first-order chi connectivity index (χ1) is 13.1. The van der Waals surface area contributed by atoms with Gasteiger partial charge >= 0.3 is 16.8 Å². The number of aryl methyl sites for hydroxylation is 1. The summed E-state index contributed by atoms with van der Waals surface area (Å²) in [6, 6.07) is 5.16. The molecule has 148 valence electrons. The second-order valence-corrected chi connectivity index (χ2v) is 6.36. The fourth-order valence-electron chi connectivity index (χ4n) is 2.67. The molecule has 1 aromatic carbocycles. The number of ether oxygens (including phenoxy) is 1. The van der Waals surface area contributed by atoms with Crippen LogP contribution >= 0.6 is 11.6 Å². The van der Waals surface area contributed by atoms with Gasteiger partial charge in [0.05, 0.1) is 0 Å². The van der Waals surface area contributed by atoms with Crippen LogP contribution in [0.1, 0.15) is 0 Å². The van der Waals surface area contributed by atoms with Crippen LogP contribution in [-0.4, -0.2) is 25.6 Å². The number of rotatable bonds is 5. The van der Waals surface area contributed by atoms with Crippen molar-refractivity contribution in [3.8, 4) is 5.75 Å². The Balaban J connectivity index is 1.79. The van der Waals surface area contributed by atoms with E-state index >= 15 is 0 Å². The number of fused-ring (bicyclic) bond motifs is 1. The summed E-state index contributed by atoms with van der Waals surface area (Å²) in [7, 11) is 2.84. The molecule has 0 spiro atoms. The summed E-state index contributed by atoms with van der Waals surface area (Å²) in [4.78, 5) is 39.4. The SMILES string of the molecule is Cn1c(=O)c2c([nH]c[n+]2CC(=O)Nc2ccc(OC(F)(F)Cl)cc2)n(C)c1=O. The molecule has 0 unspecified atom stereocenters. The van der Waals surface area contributed by atoms with Crippen molar-refractivity contribution in [2.24, 2.45) is 14.1 Å². The monoisotopic (exact) mass is 414 g/mol. The first-order valence-electron chi connectivity index (χ1n) is 7.89. The zero-order valence-electron chi connectivity index (χ0n) is 14.7. The van der Waals surface area contributed by atoms with Crippen LogP contribution in [-0.2, 0) is 25.4 Å². The molecule has 0 radical (unpaired) electrons. The lowest BCUT2D eigenvalue weighted by Gasteiger charge is -2.11. The summed E-state index contributed by atoms with van der Waals surface area (Å²) in [5, 5.41) is 2.57. The van der Waals surface area contributed by atoms with E-state index < -0.39 is 22.7 Å². The first-order valence-corrected chi connectivity index (χ1v) is 8.27. The number of aromatic nitrogens is 4. The molecular formula is C16H15ClF2N5O4+. The Hall–Kier alpha value is -3.21. The predicted octanol–water partition coefficient (Wildman–Crippen LogP) is 0.659. The van der Waals surface area contributed by atoms with Gasteiger partial charge in [0, 0.05) is 31.4 Å². The predicted molar refractivity (Wildman–Crippen MR) is 95.5 cm³/mol. The van der Waals surface area contributed by atoms with Crippen molar-refractivity contribution in [1.29, 1.82) is 0 Å². The molecule has 0 saturated heterocycles. The second kappa shape index (κ2) is 7.08. The highest BCUT2D eigenvalue weighted by atomic mass is 35.5. The molecule has 28 heavy (non-hydrogen) atoms. The van der Waals surface area contributed by atoms with Crippen molar-refractivity contribution in [2.45, 2.75) is 12.1 Å². The number of anilines is 1. The molecule has 0 bridgehead atoms. The van der Waals surface area contributed by atoms with E-state index in [-0.39, 0.29) is 23.5 Å². The Morgan fingerprint density at radius 2 is 1.89 bits per heavy atom. The van der Waals surface area contributed by atoms with E-state index in [1.165, 1.54) is 53.8 Å². The Morgan fingerprint density at radius 3 is 2.50 bits per heavy atom. The zero-order valence-corrected chi connectivity index (χ0v) is 15.5. The average molecular weight is 415 g/mol. The van der Waals surface area contributed by atoms with Gasteiger partial charge in [0.2, 0.25) is 6.33 Å². The summed E-state index contributed by atoms with van der Waals surface area (Å²) in [6.07, 6.45) is 1.41. The minimum atomic E-state index is -3.83. The van der Waals surface area contributed by atoms with Crippen molar-refractivity contribution in [1.82, 2.24) is 14.1 Å². The minimum Gasteiger partial charge on any atom is -0.420 e. The number of alkyl halides is 3. The van der Waals surface area contributed by atoms with Gasteiger partial charge in [0.15, 0.2) is 6.54 Å². The number of nitrogens with zero attached hydrogens (tertiary/aromatic N) is 3. The summed E-state index contributed by atoms with van der Waals surface area (Å²) in [5.41, 5.74) is -4.10. The minimum absolute atomic E-state index is 0.160. The van der Waals surface area contributed by atoms with Crippen molar-refractivity contribution in [2.75, 3.05) is 5.32 Å². The van der Waals surface area contributed by atoms with E-state index in [0.717, 1.165) is 4.57 Å². The highest BCUT2D eigenvalue weighted by Crippen LogP contribution is 2.25. The lowest BCUT2D eigenvalue weighted by molar-refractivity contribution is -0.658. The van der Waals surface area contributed by atoms with E-state index in [2.05, 4.69) is 26.6 Å². The normalized spacial score (nSPS) is 11.6. The number of aromatic amines is 1. The van der Waals surface area contributed by atoms with Crippen LogP contribution in [0, 0.1) is 0 Å². The lowest BCUT2D eigenvalue weighted by atomic mass is 10.3. The van der Waals surface area contributed by atoms with Crippen molar-refractivity contribution >= 4 is 34.4 Å². The highest BCUT2D eigenvalue weighted by Gasteiger charge is 2.27. The Bertz CT molecular complexity index is 1160. The molecule has 3 rings (SSSR count). The number of benzene rings is 1. The summed E-state index contributed by atoms with van der Waals surface area (Å²) in [6.45, 7) is -0.217. The molecule has 0 aliphatic heterocycles. The summed E-state index contributed by atoms with van der Waals surface area (Å²) < 4.78 is 32.9. The topological polar surface area (TPSA) is 102 Å². The number of carbonyl (C=O) groups excluding carboxylic acids is 1. The van der Waals surface area contributed by atoms with Crippen LogP contribution in [0.15, 0.2) is 40.2 Å². The van der Waals surface area contributed by atoms with E-state index in [9.17, 15) is 23.2 Å². The van der Waals surface area contributed by atoms with Crippen LogP contribution in [0.2, 0.25) is 0 Å². The van der Waals surface area contributed by atoms with Gasteiger partial charge in [-0.05, 0) is 24.3 Å². The van der Waals surface area contributed by atoms with Gasteiger partial charge in [-0.15, -0.1) is 8.78 Å². The molecule has 0 saturated carbocycles. The standard InChI is InChI=1S/C16H14ClF2N5O4/c1-22-13-12(14(26)23(2)15(22)27)24(8-20-13)7-11(25)21-9-3-5-10(6-4-9)28-16(17,18)19/h3-6,8H,7H2,1-2H3,(H,21,25)/p+1. The third-order valence-electron chi connectivity index (χ3n) is 3.97. The smallest absolute Gasteiger partial charge is 0.420 e. The molecule has 0 aliphatic carbocycles. The Kier molecular flexibility index (Phi) is 4.94. The number of imidazole rings is 1. The quantitative estimate of drug-likeness (QED) is 0.473. The van der Waals surface area contributed by atoms with E-state index in [1.807, 2.05) is 0 Å². The van der Waals surface area contributed by atoms with Gasteiger partial charge in [-0.25, -0.2) is 14.3 Å². The van der Waals surface area contributed by atoms with Crippen LogP contribution < -0.4 is 25.9 Å². The maximum atomic E-state index is 12.6. The molecule has 3 aromatic rings. The van der Waals surface area contributed by atoms with E-state index in [1.54, 1.807) is 0 Å². The fraction of sp³-hybridized carbons (Fsp3) is 0.250. The van der Waals surface area contributed by atoms with E-state index in [0.29, 0.717) is 5.69 Å². The van der Waals surface area contributed by atoms with Gasteiger partial charge in [0.1, 0.15) is 5.75 Å². The summed E-state index contributed by atoms with van der Waals surface area (Å²) in [5.74, 6) is -0.647. The van der Waals surface area contributed by atoms with Crippen LogP contribution in [0.5, 0.6) is 5.75 Å². The van der Waals surface area contributed by atoms with Crippen LogP contribution in [0.4, 0.5) is 14.5 Å². The fourth-order valence-corrected chi connectivity index (χ4v) is 2.76. The van der Waals surface area contributed by atoms with Crippen molar-refractivity contribution in [3.05, 3.63) is 51.4 Å². The Labute approximate surface area is 160 Å². The van der Waals surface area contributed by atoms with Gasteiger partial charge in [0.25, 0.3) is 17.1 Å². The molecule has 0 fully saturated rings. The number of amides is 1. The number of hydrogen-bond donors (Lipinski definition) is 2. The molecule has 2 heterocycles. The third-order valence-corrected chi connectivity index (χ3v) is 4.05. The van der Waals surface area contributed by atoms with Gasteiger partial charge in [-0.1, -0.05) is 0 Å². The number of nitrogens with one attached hydrogen (secondary N) is 2. The molecule has 2 N–H and O–H groups in total.